The molecule has 0 saturated carbocycles. The van der Waals surface area contributed by atoms with Gasteiger partial charge in [-0.25, -0.2) is 0 Å². The van der Waals surface area contributed by atoms with Crippen LogP contribution < -0.4 is 4.90 Å². The minimum Gasteiger partial charge on any atom is -0.418 e. The van der Waals surface area contributed by atoms with Crippen molar-refractivity contribution in [3.8, 4) is 0 Å². The van der Waals surface area contributed by atoms with Gasteiger partial charge in [0.05, 0.1) is 37.6 Å². The van der Waals surface area contributed by atoms with Gasteiger partial charge in [-0.3, -0.25) is 9.69 Å². The van der Waals surface area contributed by atoms with Crippen molar-refractivity contribution in [3.05, 3.63) is 101 Å². The van der Waals surface area contributed by atoms with E-state index in [-0.39, 0.29) is 16.8 Å². The third-order valence-corrected chi connectivity index (χ3v) is 9.98. The number of amides is 1. The molecule has 2 nitrogen and oxygen atoms in total. The molecule has 0 N–H and O–H groups in total. The molecule has 0 unspecified atom stereocenters. The van der Waals surface area contributed by atoms with E-state index in [2.05, 4.69) is 60.7 Å². The van der Waals surface area contributed by atoms with Crippen LogP contribution in [-0.2, 0) is 22.1 Å². The van der Waals surface area contributed by atoms with Crippen LogP contribution in [0.1, 0.15) is 5.56 Å². The number of halogens is 6. The van der Waals surface area contributed by atoms with Gasteiger partial charge < -0.3 is 17.3 Å². The van der Waals surface area contributed by atoms with Crippen molar-refractivity contribution >= 4 is 70.4 Å². The Morgan fingerprint density at radius 1 is 0.784 bits per heavy atom. The van der Waals surface area contributed by atoms with Gasteiger partial charge in [0.2, 0.25) is 5.91 Å². The second-order valence-electron chi connectivity index (χ2n) is 8.06. The zero-order valence-electron chi connectivity index (χ0n) is 18.8. The Bertz CT molecular complexity index is 1450. The van der Waals surface area contributed by atoms with Gasteiger partial charge in [0.1, 0.15) is 10.9 Å². The number of hydrogen-bond donors (Lipinski definition) is 0. The van der Waals surface area contributed by atoms with Gasteiger partial charge >= 0.3 is 7.25 Å². The number of anilines is 2. The van der Waals surface area contributed by atoms with E-state index in [1.807, 2.05) is 17.8 Å². The van der Waals surface area contributed by atoms with Crippen LogP contribution in [0.5, 0.6) is 0 Å². The predicted octanol–water partition coefficient (Wildman–Crippen LogP) is 9.07. The smallest absolute Gasteiger partial charge is 0.418 e. The molecule has 4 aromatic carbocycles. The second kappa shape index (κ2) is 10.3. The average Bonchev–Trinajstić information content (AvgIpc) is 3.16. The molecular weight excluding hydrogens is 564 g/mol. The highest BCUT2D eigenvalue weighted by molar-refractivity contribution is 8.04. The van der Waals surface area contributed by atoms with E-state index in [4.69, 9.17) is 23.2 Å². The molecule has 37 heavy (non-hydrogen) atoms. The van der Waals surface area contributed by atoms with Crippen LogP contribution in [0.4, 0.5) is 28.6 Å². The minimum atomic E-state index is -6.00. The van der Waals surface area contributed by atoms with Crippen molar-refractivity contribution in [3.63, 3.8) is 0 Å². The molecule has 0 atom stereocenters. The average molecular weight is 580 g/mol. The second-order valence-corrected chi connectivity index (χ2v) is 11.9. The predicted molar refractivity (Wildman–Crippen MR) is 143 cm³/mol. The largest absolute Gasteiger partial charge is 0.673 e. The van der Waals surface area contributed by atoms with Crippen molar-refractivity contribution < 1.29 is 22.1 Å². The first-order valence-corrected chi connectivity index (χ1v) is 13.8. The minimum absolute atomic E-state index is 0.0181. The molecule has 11 heteroatoms. The zero-order valence-corrected chi connectivity index (χ0v) is 22.0. The number of fused-ring (bicyclic) bond motifs is 3. The molecular formula is C26H16BCl2F4NOS2. The summed E-state index contributed by atoms with van der Waals surface area (Å²) in [6, 6.07) is 28.9. The van der Waals surface area contributed by atoms with E-state index in [1.54, 1.807) is 23.1 Å². The van der Waals surface area contributed by atoms with E-state index in [0.717, 1.165) is 11.3 Å². The summed E-state index contributed by atoms with van der Waals surface area (Å²) in [5.74, 6) is -0.0181. The first-order chi connectivity index (χ1) is 17.6. The van der Waals surface area contributed by atoms with E-state index in [1.165, 1.54) is 24.5 Å². The van der Waals surface area contributed by atoms with Gasteiger partial charge in [0, 0.05) is 0 Å². The number of nitrogens with zero attached hydrogens (tertiary/aromatic N) is 1. The standard InChI is InChI=1S/C26H16Cl2NOS2.BF4/c27-18-6-5-7-19(28)26(18)29-20-13-12-17(14-16(20)15-25(29)30)32-23-10-3-1-8-21(23)31-22-9-2-4-11-24(22)32;2-1(3,4)5/h1-14H,15H2;/q+1;-1. The quantitative estimate of drug-likeness (QED) is 0.118. The van der Waals surface area contributed by atoms with Crippen molar-refractivity contribution in [1.82, 2.24) is 0 Å². The third kappa shape index (κ3) is 5.36. The maximum absolute atomic E-state index is 13.0. The highest BCUT2D eigenvalue weighted by Gasteiger charge is 2.40. The van der Waals surface area contributed by atoms with Crippen LogP contribution in [0.25, 0.3) is 0 Å². The Morgan fingerprint density at radius 3 is 1.89 bits per heavy atom. The fraction of sp³-hybridized carbons (Fsp3) is 0.0385. The van der Waals surface area contributed by atoms with Gasteiger partial charge in [-0.05, 0) is 60.2 Å². The van der Waals surface area contributed by atoms with Crippen molar-refractivity contribution in [2.45, 2.75) is 30.9 Å². The lowest BCUT2D eigenvalue weighted by molar-refractivity contribution is -0.116. The molecule has 0 bridgehead atoms. The van der Waals surface area contributed by atoms with Crippen LogP contribution in [0.2, 0.25) is 10.0 Å². The SMILES string of the molecule is F[B-](F)(F)F.O=C1Cc2cc([S+]3c4ccccc4Sc4ccccc43)ccc2N1c1c(Cl)cccc1Cl. The van der Waals surface area contributed by atoms with Crippen LogP contribution in [0.15, 0.2) is 109 Å². The summed E-state index contributed by atoms with van der Waals surface area (Å²) < 4.78 is 39.0. The molecule has 2 heterocycles. The Hall–Kier alpha value is -2.59. The molecule has 0 aromatic heterocycles. The number of carbonyl (C=O) groups excluding carboxylic acids is 1. The van der Waals surface area contributed by atoms with E-state index in [9.17, 15) is 22.1 Å². The van der Waals surface area contributed by atoms with E-state index >= 15 is 0 Å². The molecule has 0 aliphatic carbocycles. The number of benzene rings is 4. The molecule has 188 valence electrons. The zero-order chi connectivity index (χ0) is 26.3. The van der Waals surface area contributed by atoms with Gasteiger partial charge in [-0.1, -0.05) is 65.3 Å². The summed E-state index contributed by atoms with van der Waals surface area (Å²) in [4.78, 5) is 21.1. The van der Waals surface area contributed by atoms with Crippen LogP contribution in [0.3, 0.4) is 0 Å². The first kappa shape index (κ1) is 26.0. The molecule has 0 radical (unpaired) electrons. The Morgan fingerprint density at radius 2 is 1.32 bits per heavy atom. The van der Waals surface area contributed by atoms with Crippen molar-refractivity contribution in [2.75, 3.05) is 4.90 Å². The van der Waals surface area contributed by atoms with Crippen molar-refractivity contribution in [2.24, 2.45) is 0 Å². The molecule has 2 aliphatic rings. The Labute approximate surface area is 228 Å². The van der Waals surface area contributed by atoms with Crippen LogP contribution in [0, 0.1) is 0 Å². The normalized spacial score (nSPS) is 14.4. The lowest BCUT2D eigenvalue weighted by atomic mass is 10.1. The molecule has 0 saturated heterocycles. The molecule has 2 aliphatic heterocycles. The Balaban J connectivity index is 0.000000514. The van der Waals surface area contributed by atoms with Gasteiger partial charge in [-0.2, -0.15) is 0 Å². The highest BCUT2D eigenvalue weighted by atomic mass is 35.5. The van der Waals surface area contributed by atoms with Gasteiger partial charge in [0.25, 0.3) is 0 Å². The summed E-state index contributed by atoms with van der Waals surface area (Å²) in [6.07, 6.45) is 0.333. The van der Waals surface area contributed by atoms with E-state index < -0.39 is 7.25 Å². The van der Waals surface area contributed by atoms with Gasteiger partial charge in [0.15, 0.2) is 14.7 Å². The molecule has 0 fully saturated rings. The fourth-order valence-corrected chi connectivity index (χ4v) is 8.63. The van der Waals surface area contributed by atoms with E-state index in [0.29, 0.717) is 22.2 Å². The van der Waals surface area contributed by atoms with Crippen molar-refractivity contribution in [1.29, 1.82) is 0 Å². The first-order valence-electron chi connectivity index (χ1n) is 11.0. The third-order valence-electron chi connectivity index (χ3n) is 5.64. The Kier molecular flexibility index (Phi) is 7.24. The van der Waals surface area contributed by atoms with Gasteiger partial charge in [-0.15, -0.1) is 0 Å². The topological polar surface area (TPSA) is 20.3 Å². The summed E-state index contributed by atoms with van der Waals surface area (Å²) in [5.41, 5.74) is 2.41. The maximum Gasteiger partial charge on any atom is 0.673 e. The fourth-order valence-electron chi connectivity index (χ4n) is 4.27. The number of para-hydroxylation sites is 1. The lowest BCUT2D eigenvalue weighted by Gasteiger charge is -2.21. The summed E-state index contributed by atoms with van der Waals surface area (Å²) in [7, 11) is -6.23. The maximum atomic E-state index is 13.0. The summed E-state index contributed by atoms with van der Waals surface area (Å²) in [6.45, 7) is 0. The molecule has 0 spiro atoms. The monoisotopic (exact) mass is 579 g/mol. The highest BCUT2D eigenvalue weighted by Crippen LogP contribution is 2.49. The summed E-state index contributed by atoms with van der Waals surface area (Å²) in [5, 5.41) is 0.939. The molecule has 1 amide bonds. The van der Waals surface area contributed by atoms with Crippen LogP contribution in [-0.4, -0.2) is 13.2 Å². The van der Waals surface area contributed by atoms with Crippen LogP contribution >= 0.6 is 35.0 Å². The number of rotatable bonds is 2. The number of carbonyl (C=O) groups is 1. The molecule has 6 rings (SSSR count). The lowest BCUT2D eigenvalue weighted by Crippen LogP contribution is -2.21. The summed E-state index contributed by atoms with van der Waals surface area (Å²) >= 11 is 14.7. The number of hydrogen-bond acceptors (Lipinski definition) is 2. The molecule has 4 aromatic rings.